The zero-order valence-corrected chi connectivity index (χ0v) is 12.5. The summed E-state index contributed by atoms with van der Waals surface area (Å²) in [6.45, 7) is 2.01. The molecule has 4 saturated carbocycles. The van der Waals surface area contributed by atoms with Crippen LogP contribution in [0.25, 0.3) is 0 Å². The second kappa shape index (κ2) is 5.08. The Morgan fingerprint density at radius 1 is 1.11 bits per heavy atom. The zero-order valence-electron chi connectivity index (χ0n) is 12.5. The van der Waals surface area contributed by atoms with Crippen LogP contribution in [0.15, 0.2) is 0 Å². The van der Waals surface area contributed by atoms with Gasteiger partial charge in [0.15, 0.2) is 0 Å². The standard InChI is InChI=1S/C16H28N2O/c1-18(2)5-3-4-17-15(19)16-9-12-6-13(10-16)8-14(7-12)11-16/h12-14H,3-11H2,1-2H3,(H,17,19)/p+1. The number of hydrogen-bond acceptors (Lipinski definition) is 1. The van der Waals surface area contributed by atoms with Gasteiger partial charge < -0.3 is 10.2 Å². The second-order valence-corrected chi connectivity index (χ2v) is 7.76. The van der Waals surface area contributed by atoms with Crippen molar-refractivity contribution in [2.24, 2.45) is 23.2 Å². The molecule has 2 N–H and O–H groups in total. The maximum absolute atomic E-state index is 12.6. The summed E-state index contributed by atoms with van der Waals surface area (Å²) in [4.78, 5) is 14.1. The Bertz CT molecular complexity index is 315. The average Bonchev–Trinajstić information content (AvgIpc) is 2.32. The summed E-state index contributed by atoms with van der Waals surface area (Å²) in [7, 11) is 4.34. The normalized spacial score (nSPS) is 39.8. The van der Waals surface area contributed by atoms with Crippen molar-refractivity contribution in [1.82, 2.24) is 5.32 Å². The van der Waals surface area contributed by atoms with Crippen LogP contribution in [0.4, 0.5) is 0 Å². The van der Waals surface area contributed by atoms with Crippen molar-refractivity contribution < 1.29 is 9.69 Å². The third-order valence-corrected chi connectivity index (χ3v) is 5.66. The van der Waals surface area contributed by atoms with Crippen LogP contribution < -0.4 is 10.2 Å². The first-order chi connectivity index (χ1) is 9.07. The van der Waals surface area contributed by atoms with Crippen LogP contribution in [0.5, 0.6) is 0 Å². The van der Waals surface area contributed by atoms with Gasteiger partial charge in [0.25, 0.3) is 0 Å². The first-order valence-corrected chi connectivity index (χ1v) is 8.15. The molecule has 0 spiro atoms. The number of amides is 1. The number of nitrogens with one attached hydrogen (secondary N) is 2. The van der Waals surface area contributed by atoms with E-state index in [1.807, 2.05) is 0 Å². The minimum atomic E-state index is 0.0414. The molecule has 0 aromatic heterocycles. The molecular formula is C16H29N2O+. The van der Waals surface area contributed by atoms with Gasteiger partial charge in [0, 0.05) is 18.4 Å². The fraction of sp³-hybridized carbons (Fsp3) is 0.938. The van der Waals surface area contributed by atoms with Gasteiger partial charge >= 0.3 is 0 Å². The van der Waals surface area contributed by atoms with Gasteiger partial charge in [-0.25, -0.2) is 0 Å². The lowest BCUT2D eigenvalue weighted by atomic mass is 9.49. The molecule has 0 aromatic rings. The number of carbonyl (C=O) groups excluding carboxylic acids is 1. The molecule has 1 amide bonds. The van der Waals surface area contributed by atoms with Gasteiger partial charge in [-0.1, -0.05) is 0 Å². The number of carbonyl (C=O) groups is 1. The van der Waals surface area contributed by atoms with Crippen molar-refractivity contribution in [2.45, 2.75) is 44.9 Å². The molecule has 4 rings (SSSR count). The van der Waals surface area contributed by atoms with Crippen LogP contribution in [-0.4, -0.2) is 33.1 Å². The lowest BCUT2D eigenvalue weighted by molar-refractivity contribution is -0.858. The van der Waals surface area contributed by atoms with E-state index in [0.717, 1.165) is 37.3 Å². The maximum Gasteiger partial charge on any atom is 0.226 e. The SMILES string of the molecule is C[NH+](C)CCCNC(=O)C12CC3CC(CC(C3)C1)C2. The van der Waals surface area contributed by atoms with E-state index in [1.165, 1.54) is 43.4 Å². The van der Waals surface area contributed by atoms with E-state index in [4.69, 9.17) is 0 Å². The van der Waals surface area contributed by atoms with Crippen LogP contribution >= 0.6 is 0 Å². The quantitative estimate of drug-likeness (QED) is 0.710. The molecule has 4 aliphatic rings. The van der Waals surface area contributed by atoms with E-state index < -0.39 is 0 Å². The molecule has 0 radical (unpaired) electrons. The molecule has 108 valence electrons. The Morgan fingerprint density at radius 3 is 2.11 bits per heavy atom. The third-order valence-electron chi connectivity index (χ3n) is 5.66. The van der Waals surface area contributed by atoms with E-state index in [2.05, 4.69) is 19.4 Å². The van der Waals surface area contributed by atoms with E-state index >= 15 is 0 Å². The summed E-state index contributed by atoms with van der Waals surface area (Å²) >= 11 is 0. The Kier molecular flexibility index (Phi) is 3.59. The molecule has 0 atom stereocenters. The maximum atomic E-state index is 12.6. The highest BCUT2D eigenvalue weighted by Crippen LogP contribution is 2.60. The van der Waals surface area contributed by atoms with Crippen molar-refractivity contribution in [3.8, 4) is 0 Å². The van der Waals surface area contributed by atoms with Gasteiger partial charge in [0.05, 0.1) is 20.6 Å². The Hall–Kier alpha value is -0.570. The highest BCUT2D eigenvalue weighted by atomic mass is 16.2. The number of hydrogen-bond donors (Lipinski definition) is 2. The molecule has 0 heterocycles. The van der Waals surface area contributed by atoms with Gasteiger partial charge in [-0.2, -0.15) is 0 Å². The van der Waals surface area contributed by atoms with Gasteiger partial charge in [-0.3, -0.25) is 4.79 Å². The second-order valence-electron chi connectivity index (χ2n) is 7.76. The molecule has 4 aliphatic carbocycles. The van der Waals surface area contributed by atoms with Crippen LogP contribution in [0.3, 0.4) is 0 Å². The van der Waals surface area contributed by atoms with Crippen LogP contribution in [-0.2, 0) is 4.79 Å². The predicted octanol–water partition coefficient (Wildman–Crippen LogP) is 0.854. The molecule has 4 bridgehead atoms. The molecule has 4 fully saturated rings. The van der Waals surface area contributed by atoms with Crippen molar-refractivity contribution in [3.63, 3.8) is 0 Å². The van der Waals surface area contributed by atoms with E-state index in [9.17, 15) is 4.79 Å². The lowest BCUT2D eigenvalue weighted by Crippen LogP contribution is -3.05. The molecular weight excluding hydrogens is 236 g/mol. The predicted molar refractivity (Wildman–Crippen MR) is 75.9 cm³/mol. The molecule has 0 unspecified atom stereocenters. The van der Waals surface area contributed by atoms with Crippen LogP contribution in [0.1, 0.15) is 44.9 Å². The Balaban J connectivity index is 1.54. The van der Waals surface area contributed by atoms with E-state index in [0.29, 0.717) is 5.91 Å². The summed E-state index contributed by atoms with van der Waals surface area (Å²) in [6, 6.07) is 0. The summed E-state index contributed by atoms with van der Waals surface area (Å²) in [5.74, 6) is 2.98. The minimum Gasteiger partial charge on any atom is -0.355 e. The first-order valence-electron chi connectivity index (χ1n) is 8.15. The smallest absolute Gasteiger partial charge is 0.226 e. The van der Waals surface area contributed by atoms with E-state index in [1.54, 1.807) is 0 Å². The summed E-state index contributed by atoms with van der Waals surface area (Å²) in [6.07, 6.45) is 8.89. The summed E-state index contributed by atoms with van der Waals surface area (Å²) in [5.41, 5.74) is 0.0414. The fourth-order valence-electron chi connectivity index (χ4n) is 5.22. The zero-order chi connectivity index (χ0) is 13.5. The molecule has 19 heavy (non-hydrogen) atoms. The monoisotopic (exact) mass is 265 g/mol. The van der Waals surface area contributed by atoms with E-state index in [-0.39, 0.29) is 5.41 Å². The van der Waals surface area contributed by atoms with Crippen LogP contribution in [0, 0.1) is 23.2 Å². The molecule has 0 aliphatic heterocycles. The van der Waals surface area contributed by atoms with Crippen molar-refractivity contribution in [2.75, 3.05) is 27.2 Å². The minimum absolute atomic E-state index is 0.0414. The van der Waals surface area contributed by atoms with Crippen LogP contribution in [0.2, 0.25) is 0 Å². The molecule has 3 nitrogen and oxygen atoms in total. The Morgan fingerprint density at radius 2 is 1.63 bits per heavy atom. The molecule has 0 saturated heterocycles. The fourth-order valence-corrected chi connectivity index (χ4v) is 5.22. The Labute approximate surface area is 117 Å². The summed E-state index contributed by atoms with van der Waals surface area (Å²) < 4.78 is 0. The topological polar surface area (TPSA) is 33.5 Å². The molecule has 3 heteroatoms. The lowest BCUT2D eigenvalue weighted by Gasteiger charge is -2.55. The van der Waals surface area contributed by atoms with Crippen molar-refractivity contribution in [1.29, 1.82) is 0 Å². The van der Waals surface area contributed by atoms with Gasteiger partial charge in [0.2, 0.25) is 5.91 Å². The average molecular weight is 265 g/mol. The highest BCUT2D eigenvalue weighted by Gasteiger charge is 2.54. The third kappa shape index (κ3) is 2.67. The van der Waals surface area contributed by atoms with Gasteiger partial charge in [-0.15, -0.1) is 0 Å². The number of quaternary nitrogens is 1. The highest BCUT2D eigenvalue weighted by molar-refractivity contribution is 5.83. The van der Waals surface area contributed by atoms with Gasteiger partial charge in [-0.05, 0) is 56.3 Å². The van der Waals surface area contributed by atoms with Crippen molar-refractivity contribution >= 4 is 5.91 Å². The largest absolute Gasteiger partial charge is 0.355 e. The molecule has 0 aromatic carbocycles. The summed E-state index contributed by atoms with van der Waals surface area (Å²) in [5, 5.41) is 3.24. The number of rotatable bonds is 5. The first kappa shape index (κ1) is 13.4. The van der Waals surface area contributed by atoms with Crippen molar-refractivity contribution in [3.05, 3.63) is 0 Å². The van der Waals surface area contributed by atoms with Gasteiger partial charge in [0.1, 0.15) is 0 Å².